The molecule has 0 spiro atoms. The first kappa shape index (κ1) is 74.7. The van der Waals surface area contributed by atoms with E-state index in [1.165, 1.54) is 193 Å². The van der Waals surface area contributed by atoms with Crippen molar-refractivity contribution in [2.75, 3.05) is 40.9 Å². The number of nitrogens with zero attached hydrogens (tertiary/aromatic N) is 1. The molecule has 77 heavy (non-hydrogen) atoms. The van der Waals surface area contributed by atoms with Crippen LogP contribution in [0.25, 0.3) is 0 Å². The number of likely N-dealkylation sites (N-methyl/N-ethyl adjacent to an activating group) is 1. The Morgan fingerprint density at radius 1 is 0.468 bits per heavy atom. The van der Waals surface area contributed by atoms with Gasteiger partial charge in [-0.3, -0.25) is 18.6 Å². The van der Waals surface area contributed by atoms with Crippen LogP contribution in [0.2, 0.25) is 0 Å². The number of nitrogens with one attached hydrogen (secondary N) is 1. The van der Waals surface area contributed by atoms with Gasteiger partial charge in [-0.1, -0.05) is 262 Å². The Hall–Kier alpha value is -2.29. The molecular weight excluding hydrogens is 976 g/mol. The molecule has 450 valence electrons. The topological polar surface area (TPSA) is 111 Å². The van der Waals surface area contributed by atoms with Crippen LogP contribution in [0.3, 0.4) is 0 Å². The molecule has 9 nitrogen and oxygen atoms in total. The minimum absolute atomic E-state index is 0.0347. The van der Waals surface area contributed by atoms with Gasteiger partial charge in [0.05, 0.1) is 33.8 Å². The maximum Gasteiger partial charge on any atom is 0.472 e. The standard InChI is InChI=1S/C67H125N2O7P/c1-7-10-13-16-19-22-25-28-30-32-33-34-35-36-37-38-40-42-45-48-51-54-57-60-67(71)76-65(58-55-52-49-46-43-27-24-21-18-15-12-9-3)64(63-75-77(72,73)74-62-61-69(4,5)6)68-66(70)59-56-53-50-47-44-41-39-31-29-26-23-20-17-14-11-8-2/h19,22,28,30-31,39,41,44,55,58,64-65H,7-18,20-21,23-27,29,32-38,40,42-43,45-54,56-57,59-63H2,1-6H3,(H-,68,70,72,73)/p+1/b22-19-,30-28-,39-31+,44-41+,58-55-. The molecule has 0 fully saturated rings. The number of amides is 1. The molecule has 0 aliphatic carbocycles. The van der Waals surface area contributed by atoms with Crippen LogP contribution in [-0.2, 0) is 27.9 Å². The zero-order valence-corrected chi connectivity index (χ0v) is 52.3. The van der Waals surface area contributed by atoms with E-state index in [0.29, 0.717) is 23.9 Å². The molecule has 0 aromatic heterocycles. The fourth-order valence-corrected chi connectivity index (χ4v) is 10.1. The van der Waals surface area contributed by atoms with Crippen LogP contribution in [0, 0.1) is 0 Å². The van der Waals surface area contributed by atoms with E-state index in [4.69, 9.17) is 13.8 Å². The molecule has 0 saturated heterocycles. The number of ether oxygens (including phenoxy) is 1. The zero-order valence-electron chi connectivity index (χ0n) is 51.5. The lowest BCUT2D eigenvalue weighted by atomic mass is 10.0. The van der Waals surface area contributed by atoms with Gasteiger partial charge in [0.1, 0.15) is 19.3 Å². The molecule has 0 aromatic carbocycles. The first-order valence-electron chi connectivity index (χ1n) is 32.6. The lowest BCUT2D eigenvalue weighted by Crippen LogP contribution is -2.47. The monoisotopic (exact) mass is 1100 g/mol. The van der Waals surface area contributed by atoms with Crippen LogP contribution in [0.1, 0.15) is 303 Å². The third-order valence-corrected chi connectivity index (χ3v) is 15.4. The van der Waals surface area contributed by atoms with E-state index < -0.39 is 20.0 Å². The second kappa shape index (κ2) is 57.0. The van der Waals surface area contributed by atoms with Crippen molar-refractivity contribution in [1.29, 1.82) is 0 Å². The van der Waals surface area contributed by atoms with Gasteiger partial charge >= 0.3 is 13.8 Å². The lowest BCUT2D eigenvalue weighted by molar-refractivity contribution is -0.870. The second-order valence-corrected chi connectivity index (χ2v) is 24.8. The summed E-state index contributed by atoms with van der Waals surface area (Å²) in [6.45, 7) is 6.98. The van der Waals surface area contributed by atoms with Crippen LogP contribution in [-0.4, -0.2) is 74.3 Å². The van der Waals surface area contributed by atoms with Gasteiger partial charge in [0.2, 0.25) is 5.91 Å². The predicted molar refractivity (Wildman–Crippen MR) is 332 cm³/mol. The van der Waals surface area contributed by atoms with E-state index in [-0.39, 0.29) is 31.5 Å². The molecule has 2 N–H and O–H groups in total. The summed E-state index contributed by atoms with van der Waals surface area (Å²) >= 11 is 0. The number of esters is 1. The van der Waals surface area contributed by atoms with Gasteiger partial charge in [-0.15, -0.1) is 0 Å². The van der Waals surface area contributed by atoms with Gasteiger partial charge < -0.3 is 19.4 Å². The Labute approximate surface area is 477 Å². The first-order valence-corrected chi connectivity index (χ1v) is 34.1. The van der Waals surface area contributed by atoms with Gasteiger partial charge in [0.25, 0.3) is 0 Å². The molecule has 0 aliphatic rings. The number of unbranched alkanes of at least 4 members (excludes halogenated alkanes) is 36. The lowest BCUT2D eigenvalue weighted by Gasteiger charge is -2.27. The van der Waals surface area contributed by atoms with Crippen LogP contribution in [0.4, 0.5) is 0 Å². The SMILES string of the molecule is CCCCC/C=C\C/C=C\CCCCCCCCCCCCCCCC(=O)OC(/C=C\CCCCCCCCCCCC)C(COP(=O)(O)OCC[N+](C)(C)C)NC(=O)CCCCC/C=C/C=C/CCCCCCCCC. The molecule has 0 aromatic rings. The molecule has 0 bridgehead atoms. The number of carbonyl (C=O) groups excluding carboxylic acids is 2. The minimum atomic E-state index is -4.46. The summed E-state index contributed by atoms with van der Waals surface area (Å²) in [6, 6.07) is -0.863. The van der Waals surface area contributed by atoms with E-state index in [0.717, 1.165) is 70.6 Å². The number of hydrogen-bond acceptors (Lipinski definition) is 6. The highest BCUT2D eigenvalue weighted by Crippen LogP contribution is 2.43. The smallest absolute Gasteiger partial charge is 0.456 e. The molecule has 1 amide bonds. The molecule has 0 heterocycles. The molecule has 0 radical (unpaired) electrons. The normalized spacial score (nSPS) is 14.0. The molecule has 0 rings (SSSR count). The largest absolute Gasteiger partial charge is 0.472 e. The quantitative estimate of drug-likeness (QED) is 0.0156. The second-order valence-electron chi connectivity index (χ2n) is 23.3. The molecule has 0 aliphatic heterocycles. The van der Waals surface area contributed by atoms with E-state index in [1.54, 1.807) is 0 Å². The molecule has 0 saturated carbocycles. The maximum atomic E-state index is 13.5. The van der Waals surface area contributed by atoms with Crippen LogP contribution in [0.15, 0.2) is 60.8 Å². The molecule has 3 atom stereocenters. The predicted octanol–water partition coefficient (Wildman–Crippen LogP) is 20.2. The van der Waals surface area contributed by atoms with Gasteiger partial charge in [0.15, 0.2) is 0 Å². The molecule has 3 unspecified atom stereocenters. The highest BCUT2D eigenvalue weighted by Gasteiger charge is 2.30. The summed E-state index contributed by atoms with van der Waals surface area (Å²) in [5.41, 5.74) is 0. The average molecular weight is 1100 g/mol. The Kier molecular flexibility index (Phi) is 55.3. The molecular formula is C67H126N2O7P+. The Morgan fingerprint density at radius 2 is 0.831 bits per heavy atom. The van der Waals surface area contributed by atoms with Gasteiger partial charge in [-0.2, -0.15) is 0 Å². The number of quaternary nitrogens is 1. The van der Waals surface area contributed by atoms with Gasteiger partial charge in [-0.25, -0.2) is 4.57 Å². The van der Waals surface area contributed by atoms with Crippen molar-refractivity contribution in [3.8, 4) is 0 Å². The average Bonchev–Trinajstić information content (AvgIpc) is 3.39. The Morgan fingerprint density at radius 3 is 1.29 bits per heavy atom. The molecule has 10 heteroatoms. The maximum absolute atomic E-state index is 13.5. The Bertz CT molecular complexity index is 1500. The van der Waals surface area contributed by atoms with Crippen LogP contribution >= 0.6 is 7.82 Å². The van der Waals surface area contributed by atoms with Crippen molar-refractivity contribution >= 4 is 19.7 Å². The third-order valence-electron chi connectivity index (χ3n) is 14.5. The van der Waals surface area contributed by atoms with Crippen molar-refractivity contribution in [3.63, 3.8) is 0 Å². The number of phosphoric ester groups is 1. The fraction of sp³-hybridized carbons (Fsp3) is 0.821. The summed E-state index contributed by atoms with van der Waals surface area (Å²) in [7, 11) is 1.48. The van der Waals surface area contributed by atoms with Crippen molar-refractivity contribution in [2.45, 2.75) is 315 Å². The number of rotatable bonds is 59. The number of hydrogen-bond donors (Lipinski definition) is 2. The van der Waals surface area contributed by atoms with E-state index in [9.17, 15) is 19.0 Å². The number of carbonyl (C=O) groups is 2. The number of allylic oxidation sites excluding steroid dienone is 9. The summed E-state index contributed by atoms with van der Waals surface area (Å²) in [4.78, 5) is 37.7. The van der Waals surface area contributed by atoms with E-state index in [2.05, 4.69) is 74.7 Å². The van der Waals surface area contributed by atoms with Crippen LogP contribution in [0.5, 0.6) is 0 Å². The van der Waals surface area contributed by atoms with Crippen molar-refractivity contribution in [2.24, 2.45) is 0 Å². The Balaban J connectivity index is 5.18. The minimum Gasteiger partial charge on any atom is -0.456 e. The third kappa shape index (κ3) is 58.2. The number of phosphoric acid groups is 1. The summed E-state index contributed by atoms with van der Waals surface area (Å²) in [5.74, 6) is -0.529. The van der Waals surface area contributed by atoms with Crippen LogP contribution < -0.4 is 5.32 Å². The van der Waals surface area contributed by atoms with Crippen molar-refractivity contribution in [3.05, 3.63) is 60.8 Å². The van der Waals surface area contributed by atoms with Crippen molar-refractivity contribution in [1.82, 2.24) is 5.32 Å². The zero-order chi connectivity index (χ0) is 56.4. The van der Waals surface area contributed by atoms with E-state index >= 15 is 0 Å². The summed E-state index contributed by atoms with van der Waals surface area (Å²) in [6.07, 6.45) is 72.2. The van der Waals surface area contributed by atoms with Crippen molar-refractivity contribution < 1.29 is 37.3 Å². The highest BCUT2D eigenvalue weighted by molar-refractivity contribution is 7.47. The first-order chi connectivity index (χ1) is 37.4. The van der Waals surface area contributed by atoms with E-state index in [1.807, 2.05) is 33.3 Å². The fourth-order valence-electron chi connectivity index (χ4n) is 9.37. The summed E-state index contributed by atoms with van der Waals surface area (Å²) < 4.78 is 30.7. The van der Waals surface area contributed by atoms with Gasteiger partial charge in [0, 0.05) is 12.8 Å². The van der Waals surface area contributed by atoms with Gasteiger partial charge in [-0.05, 0) is 89.5 Å². The summed E-state index contributed by atoms with van der Waals surface area (Å²) in [5, 5.41) is 3.04. The highest BCUT2D eigenvalue weighted by atomic mass is 31.2.